The van der Waals surface area contributed by atoms with Gasteiger partial charge >= 0.3 is 0 Å². The first-order chi connectivity index (χ1) is 10.7. The molecule has 1 atom stereocenters. The Morgan fingerprint density at radius 2 is 2.09 bits per heavy atom. The first-order valence-electron chi connectivity index (χ1n) is 8.13. The third-order valence-electron chi connectivity index (χ3n) is 4.50. The minimum Gasteiger partial charge on any atom is -0.335 e. The maximum atomic E-state index is 12.9. The number of carbonyl (C=O) groups excluding carboxylic acids is 1. The topological polar surface area (TPSA) is 20.3 Å². The van der Waals surface area contributed by atoms with Crippen molar-refractivity contribution in [3.8, 4) is 0 Å². The molecule has 1 amide bonds. The molecular formula is C19H23NOS. The fourth-order valence-electron chi connectivity index (χ4n) is 3.32. The van der Waals surface area contributed by atoms with Crippen molar-refractivity contribution in [1.29, 1.82) is 0 Å². The van der Waals surface area contributed by atoms with Crippen LogP contribution in [0.3, 0.4) is 0 Å². The van der Waals surface area contributed by atoms with Crippen molar-refractivity contribution in [2.45, 2.75) is 45.6 Å². The molecule has 2 nitrogen and oxygen atoms in total. The second-order valence-corrected chi connectivity index (χ2v) is 7.19. The molecule has 0 saturated carbocycles. The highest BCUT2D eigenvalue weighted by Gasteiger charge is 2.30. The Balaban J connectivity index is 1.75. The number of benzene rings is 1. The van der Waals surface area contributed by atoms with Gasteiger partial charge in [-0.1, -0.05) is 37.3 Å². The molecule has 1 saturated heterocycles. The highest BCUT2D eigenvalue weighted by molar-refractivity contribution is 7.14. The van der Waals surface area contributed by atoms with E-state index in [0.29, 0.717) is 6.04 Å². The van der Waals surface area contributed by atoms with Crippen molar-refractivity contribution >= 4 is 17.2 Å². The summed E-state index contributed by atoms with van der Waals surface area (Å²) >= 11 is 1.67. The zero-order chi connectivity index (χ0) is 15.5. The molecule has 1 aliphatic rings. The summed E-state index contributed by atoms with van der Waals surface area (Å²) in [5.41, 5.74) is 2.58. The maximum Gasteiger partial charge on any atom is 0.264 e. The molecule has 0 radical (unpaired) electrons. The van der Waals surface area contributed by atoms with Crippen LogP contribution in [0.25, 0.3) is 0 Å². The molecule has 1 fully saturated rings. The second-order valence-electron chi connectivity index (χ2n) is 6.05. The lowest BCUT2D eigenvalue weighted by Gasteiger charge is -2.24. The van der Waals surface area contributed by atoms with Crippen LogP contribution in [0, 0.1) is 6.92 Å². The van der Waals surface area contributed by atoms with Gasteiger partial charge in [0.1, 0.15) is 0 Å². The number of likely N-dealkylation sites (tertiary alicyclic amines) is 1. The highest BCUT2D eigenvalue weighted by Crippen LogP contribution is 2.28. The SMILES string of the molecule is CCc1sc(C(=O)N2CCCC2Cc2ccccc2)cc1C. The number of hydrogen-bond acceptors (Lipinski definition) is 2. The number of amides is 1. The molecule has 22 heavy (non-hydrogen) atoms. The fourth-order valence-corrected chi connectivity index (χ4v) is 4.39. The van der Waals surface area contributed by atoms with Crippen LogP contribution in [-0.4, -0.2) is 23.4 Å². The summed E-state index contributed by atoms with van der Waals surface area (Å²) < 4.78 is 0. The Morgan fingerprint density at radius 1 is 1.32 bits per heavy atom. The average Bonchev–Trinajstić information content (AvgIpc) is 3.14. The van der Waals surface area contributed by atoms with E-state index >= 15 is 0 Å². The number of thiophene rings is 1. The molecule has 1 unspecified atom stereocenters. The molecule has 1 aromatic heterocycles. The molecule has 3 heteroatoms. The number of hydrogen-bond donors (Lipinski definition) is 0. The number of rotatable bonds is 4. The normalized spacial score (nSPS) is 17.9. The average molecular weight is 313 g/mol. The Hall–Kier alpha value is -1.61. The van der Waals surface area contributed by atoms with Gasteiger partial charge in [0.05, 0.1) is 4.88 Å². The van der Waals surface area contributed by atoms with E-state index in [1.807, 2.05) is 6.07 Å². The van der Waals surface area contributed by atoms with Crippen LogP contribution >= 0.6 is 11.3 Å². The fraction of sp³-hybridized carbons (Fsp3) is 0.421. The van der Waals surface area contributed by atoms with Gasteiger partial charge in [-0.25, -0.2) is 0 Å². The second kappa shape index (κ2) is 6.66. The summed E-state index contributed by atoms with van der Waals surface area (Å²) in [5.74, 6) is 0.228. The highest BCUT2D eigenvalue weighted by atomic mass is 32.1. The molecule has 0 spiro atoms. The molecule has 2 aromatic rings. The van der Waals surface area contributed by atoms with Gasteiger partial charge in [0.15, 0.2) is 0 Å². The van der Waals surface area contributed by atoms with Gasteiger partial charge in [0.25, 0.3) is 5.91 Å². The lowest BCUT2D eigenvalue weighted by atomic mass is 10.0. The number of aryl methyl sites for hydroxylation is 2. The summed E-state index contributed by atoms with van der Waals surface area (Å²) in [4.78, 5) is 17.2. The third-order valence-corrected chi connectivity index (χ3v) is 5.87. The summed E-state index contributed by atoms with van der Waals surface area (Å²) in [7, 11) is 0. The summed E-state index contributed by atoms with van der Waals surface area (Å²) in [6.07, 6.45) is 4.22. The van der Waals surface area contributed by atoms with Crippen LogP contribution in [0.5, 0.6) is 0 Å². The predicted molar refractivity (Wildman–Crippen MR) is 92.6 cm³/mol. The zero-order valence-electron chi connectivity index (χ0n) is 13.3. The molecule has 1 aliphatic heterocycles. The van der Waals surface area contributed by atoms with E-state index in [-0.39, 0.29) is 5.91 Å². The van der Waals surface area contributed by atoms with Crippen LogP contribution < -0.4 is 0 Å². The van der Waals surface area contributed by atoms with E-state index in [1.54, 1.807) is 11.3 Å². The summed E-state index contributed by atoms with van der Waals surface area (Å²) in [5, 5.41) is 0. The van der Waals surface area contributed by atoms with Gasteiger partial charge in [-0.3, -0.25) is 4.79 Å². The van der Waals surface area contributed by atoms with Crippen LogP contribution in [0.1, 0.15) is 45.4 Å². The minimum absolute atomic E-state index is 0.228. The van der Waals surface area contributed by atoms with Crippen LogP contribution in [0.2, 0.25) is 0 Å². The van der Waals surface area contributed by atoms with Crippen molar-refractivity contribution in [3.05, 3.63) is 57.3 Å². The number of nitrogens with zero attached hydrogens (tertiary/aromatic N) is 1. The molecule has 0 bridgehead atoms. The van der Waals surface area contributed by atoms with Gasteiger partial charge in [-0.2, -0.15) is 0 Å². The third kappa shape index (κ3) is 3.09. The first kappa shape index (κ1) is 15.3. The van der Waals surface area contributed by atoms with Gasteiger partial charge in [-0.05, 0) is 49.8 Å². The van der Waals surface area contributed by atoms with Gasteiger partial charge in [0, 0.05) is 17.5 Å². The van der Waals surface area contributed by atoms with E-state index in [1.165, 1.54) is 16.0 Å². The molecule has 2 heterocycles. The predicted octanol–water partition coefficient (Wildman–Crippen LogP) is 4.47. The van der Waals surface area contributed by atoms with Crippen molar-refractivity contribution in [2.24, 2.45) is 0 Å². The van der Waals surface area contributed by atoms with Crippen molar-refractivity contribution in [3.63, 3.8) is 0 Å². The molecule has 3 rings (SSSR count). The van der Waals surface area contributed by atoms with Gasteiger partial charge in [-0.15, -0.1) is 11.3 Å². The Labute approximate surface area is 136 Å². The standard InChI is InChI=1S/C19H23NOS/c1-3-17-14(2)12-18(22-17)19(21)20-11-7-10-16(20)13-15-8-5-4-6-9-15/h4-6,8-9,12,16H,3,7,10-11,13H2,1-2H3. The van der Waals surface area contributed by atoms with E-state index in [4.69, 9.17) is 0 Å². The van der Waals surface area contributed by atoms with E-state index in [0.717, 1.165) is 37.1 Å². The summed E-state index contributed by atoms with van der Waals surface area (Å²) in [6.45, 7) is 5.16. The van der Waals surface area contributed by atoms with E-state index in [2.05, 4.69) is 49.1 Å². The Kier molecular flexibility index (Phi) is 4.63. The lowest BCUT2D eigenvalue weighted by molar-refractivity contribution is 0.0741. The Bertz CT molecular complexity index is 647. The first-order valence-corrected chi connectivity index (χ1v) is 8.95. The van der Waals surface area contributed by atoms with E-state index in [9.17, 15) is 4.79 Å². The largest absolute Gasteiger partial charge is 0.335 e. The van der Waals surface area contributed by atoms with Crippen molar-refractivity contribution in [1.82, 2.24) is 4.90 Å². The lowest BCUT2D eigenvalue weighted by Crippen LogP contribution is -2.36. The van der Waals surface area contributed by atoms with Crippen LogP contribution in [-0.2, 0) is 12.8 Å². The maximum absolute atomic E-state index is 12.9. The van der Waals surface area contributed by atoms with Crippen molar-refractivity contribution in [2.75, 3.05) is 6.54 Å². The van der Waals surface area contributed by atoms with Crippen LogP contribution in [0.4, 0.5) is 0 Å². The molecule has 0 aliphatic carbocycles. The van der Waals surface area contributed by atoms with Gasteiger partial charge in [0.2, 0.25) is 0 Å². The minimum atomic E-state index is 0.228. The van der Waals surface area contributed by atoms with Crippen molar-refractivity contribution < 1.29 is 4.79 Å². The van der Waals surface area contributed by atoms with E-state index < -0.39 is 0 Å². The molecule has 0 N–H and O–H groups in total. The summed E-state index contributed by atoms with van der Waals surface area (Å²) in [6, 6.07) is 12.9. The zero-order valence-corrected chi connectivity index (χ0v) is 14.2. The number of carbonyl (C=O) groups is 1. The smallest absolute Gasteiger partial charge is 0.264 e. The molecular weight excluding hydrogens is 290 g/mol. The quantitative estimate of drug-likeness (QED) is 0.815. The van der Waals surface area contributed by atoms with Crippen LogP contribution in [0.15, 0.2) is 36.4 Å². The monoisotopic (exact) mass is 313 g/mol. The van der Waals surface area contributed by atoms with Gasteiger partial charge < -0.3 is 4.90 Å². The Morgan fingerprint density at radius 3 is 2.77 bits per heavy atom. The molecule has 1 aromatic carbocycles. The molecule has 116 valence electrons.